The number of Topliss-reactive ketones (excluding diaryl/α,β-unsaturated/α-hetero) is 1. The van der Waals surface area contributed by atoms with Crippen molar-refractivity contribution in [3.63, 3.8) is 0 Å². The van der Waals surface area contributed by atoms with E-state index < -0.39 is 0 Å². The predicted molar refractivity (Wildman–Crippen MR) is 76.5 cm³/mol. The molecule has 2 nitrogen and oxygen atoms in total. The summed E-state index contributed by atoms with van der Waals surface area (Å²) in [5, 5.41) is 2.19. The van der Waals surface area contributed by atoms with Gasteiger partial charge >= 0.3 is 0 Å². The second-order valence-corrected chi connectivity index (χ2v) is 5.12. The molecule has 1 heterocycles. The number of rotatable bonds is 4. The Balaban J connectivity index is 1.77. The van der Waals surface area contributed by atoms with Crippen molar-refractivity contribution >= 4 is 16.6 Å². The molecule has 1 aliphatic heterocycles. The van der Waals surface area contributed by atoms with Crippen molar-refractivity contribution < 1.29 is 9.53 Å². The van der Waals surface area contributed by atoms with Crippen LogP contribution in [-0.4, -0.2) is 18.5 Å². The maximum Gasteiger partial charge on any atom is 0.163 e. The Bertz CT molecular complexity index is 577. The van der Waals surface area contributed by atoms with Crippen LogP contribution in [0.15, 0.2) is 42.5 Å². The van der Waals surface area contributed by atoms with Crippen molar-refractivity contribution in [2.75, 3.05) is 6.61 Å². The molecule has 0 spiro atoms. The first-order valence-electron chi connectivity index (χ1n) is 6.97. The van der Waals surface area contributed by atoms with E-state index in [9.17, 15) is 4.79 Å². The Morgan fingerprint density at radius 1 is 1.16 bits per heavy atom. The number of ketones is 1. The van der Waals surface area contributed by atoms with Crippen molar-refractivity contribution in [1.29, 1.82) is 0 Å². The van der Waals surface area contributed by atoms with Gasteiger partial charge in [0.1, 0.15) is 0 Å². The molecule has 3 rings (SSSR count). The average molecular weight is 254 g/mol. The first-order chi connectivity index (χ1) is 9.34. The molecule has 1 saturated heterocycles. The lowest BCUT2D eigenvalue weighted by molar-refractivity contribution is 0.0860. The molecule has 0 amide bonds. The number of hydrogen-bond donors (Lipinski definition) is 0. The normalized spacial score (nSPS) is 18.8. The fourth-order valence-electron chi connectivity index (χ4n) is 2.77. The quantitative estimate of drug-likeness (QED) is 0.771. The van der Waals surface area contributed by atoms with E-state index in [1.54, 1.807) is 0 Å². The fourth-order valence-corrected chi connectivity index (χ4v) is 2.77. The molecule has 1 aliphatic rings. The molecule has 1 atom stereocenters. The highest BCUT2D eigenvalue weighted by atomic mass is 16.5. The Morgan fingerprint density at radius 2 is 2.00 bits per heavy atom. The lowest BCUT2D eigenvalue weighted by atomic mass is 9.98. The van der Waals surface area contributed by atoms with Gasteiger partial charge in [-0.1, -0.05) is 42.5 Å². The second-order valence-electron chi connectivity index (χ2n) is 5.12. The minimum atomic E-state index is 0.229. The highest BCUT2D eigenvalue weighted by Gasteiger charge is 2.18. The largest absolute Gasteiger partial charge is 0.378 e. The number of carbonyl (C=O) groups is 1. The number of carbonyl (C=O) groups excluding carboxylic acids is 1. The van der Waals surface area contributed by atoms with Gasteiger partial charge in [0.05, 0.1) is 6.10 Å². The molecular weight excluding hydrogens is 236 g/mol. The molecule has 0 N–H and O–H groups in total. The molecule has 0 bridgehead atoms. The predicted octanol–water partition coefficient (Wildman–Crippen LogP) is 3.98. The van der Waals surface area contributed by atoms with Crippen molar-refractivity contribution in [3.05, 3.63) is 48.0 Å². The van der Waals surface area contributed by atoms with Gasteiger partial charge < -0.3 is 4.74 Å². The minimum Gasteiger partial charge on any atom is -0.378 e. The van der Waals surface area contributed by atoms with Crippen LogP contribution in [0.25, 0.3) is 10.8 Å². The van der Waals surface area contributed by atoms with E-state index in [0.29, 0.717) is 12.5 Å². The van der Waals surface area contributed by atoms with E-state index >= 15 is 0 Å². The molecule has 1 fully saturated rings. The monoisotopic (exact) mass is 254 g/mol. The van der Waals surface area contributed by atoms with Gasteiger partial charge in [0, 0.05) is 18.6 Å². The summed E-state index contributed by atoms with van der Waals surface area (Å²) in [6.07, 6.45) is 3.95. The van der Waals surface area contributed by atoms with Crippen molar-refractivity contribution in [3.8, 4) is 0 Å². The summed E-state index contributed by atoms with van der Waals surface area (Å²) < 4.78 is 5.57. The van der Waals surface area contributed by atoms with Crippen LogP contribution in [0.2, 0.25) is 0 Å². The summed E-state index contributed by atoms with van der Waals surface area (Å²) >= 11 is 0. The molecule has 0 radical (unpaired) electrons. The first-order valence-corrected chi connectivity index (χ1v) is 6.97. The van der Waals surface area contributed by atoms with E-state index in [2.05, 4.69) is 0 Å². The van der Waals surface area contributed by atoms with Crippen LogP contribution in [0.5, 0.6) is 0 Å². The van der Waals surface area contributed by atoms with Gasteiger partial charge in [-0.3, -0.25) is 4.79 Å². The highest BCUT2D eigenvalue weighted by Crippen LogP contribution is 2.22. The van der Waals surface area contributed by atoms with E-state index in [4.69, 9.17) is 4.74 Å². The maximum atomic E-state index is 12.4. The fraction of sp³-hybridized carbons (Fsp3) is 0.353. The van der Waals surface area contributed by atoms with Crippen LogP contribution in [0.3, 0.4) is 0 Å². The average Bonchev–Trinajstić information content (AvgIpc) is 2.97. The van der Waals surface area contributed by atoms with Gasteiger partial charge in [-0.15, -0.1) is 0 Å². The summed E-state index contributed by atoms with van der Waals surface area (Å²) in [5.41, 5.74) is 0.844. The molecule has 0 aliphatic carbocycles. The second kappa shape index (κ2) is 5.54. The number of hydrogen-bond acceptors (Lipinski definition) is 2. The maximum absolute atomic E-state index is 12.4. The SMILES string of the molecule is O=C(CCC1CCCO1)c1cccc2ccccc12. The molecule has 2 aromatic rings. The minimum absolute atomic E-state index is 0.229. The molecule has 1 unspecified atom stereocenters. The van der Waals surface area contributed by atoms with Crippen molar-refractivity contribution in [2.45, 2.75) is 31.8 Å². The summed E-state index contributed by atoms with van der Waals surface area (Å²) in [6, 6.07) is 14.0. The highest BCUT2D eigenvalue weighted by molar-refractivity contribution is 6.08. The van der Waals surface area contributed by atoms with Crippen LogP contribution in [0.1, 0.15) is 36.0 Å². The van der Waals surface area contributed by atoms with Gasteiger partial charge in [-0.05, 0) is 30.0 Å². The van der Waals surface area contributed by atoms with Crippen LogP contribution in [0, 0.1) is 0 Å². The molecule has 0 saturated carbocycles. The molecular formula is C17H18O2. The zero-order valence-electron chi connectivity index (χ0n) is 11.0. The van der Waals surface area contributed by atoms with E-state index in [1.165, 1.54) is 0 Å². The molecule has 2 aromatic carbocycles. The zero-order valence-corrected chi connectivity index (χ0v) is 11.0. The molecule has 0 aromatic heterocycles. The standard InChI is InChI=1S/C17H18O2/c18-17(11-10-14-7-4-12-19-14)16-9-3-6-13-5-1-2-8-15(13)16/h1-3,5-6,8-9,14H,4,7,10-12H2. The summed E-state index contributed by atoms with van der Waals surface area (Å²) in [6.45, 7) is 0.854. The summed E-state index contributed by atoms with van der Waals surface area (Å²) in [7, 11) is 0. The Morgan fingerprint density at radius 3 is 2.84 bits per heavy atom. The van der Waals surface area contributed by atoms with Gasteiger partial charge in [0.2, 0.25) is 0 Å². The smallest absolute Gasteiger partial charge is 0.163 e. The third kappa shape index (κ3) is 2.69. The zero-order chi connectivity index (χ0) is 13.1. The molecule has 2 heteroatoms. The van der Waals surface area contributed by atoms with Gasteiger partial charge in [-0.2, -0.15) is 0 Å². The van der Waals surface area contributed by atoms with Gasteiger partial charge in [0.25, 0.3) is 0 Å². The summed E-state index contributed by atoms with van der Waals surface area (Å²) in [5.74, 6) is 0.229. The third-order valence-electron chi connectivity index (χ3n) is 3.81. The summed E-state index contributed by atoms with van der Waals surface area (Å²) in [4.78, 5) is 12.4. The van der Waals surface area contributed by atoms with Crippen LogP contribution < -0.4 is 0 Å². The molecule has 19 heavy (non-hydrogen) atoms. The topological polar surface area (TPSA) is 26.3 Å². The van der Waals surface area contributed by atoms with E-state index in [1.807, 2.05) is 42.5 Å². The van der Waals surface area contributed by atoms with Crippen LogP contribution in [0.4, 0.5) is 0 Å². The number of benzene rings is 2. The van der Waals surface area contributed by atoms with Gasteiger partial charge in [0.15, 0.2) is 5.78 Å². The first kappa shape index (κ1) is 12.4. The van der Waals surface area contributed by atoms with Crippen LogP contribution in [-0.2, 0) is 4.74 Å². The molecule has 98 valence electrons. The van der Waals surface area contributed by atoms with Crippen molar-refractivity contribution in [1.82, 2.24) is 0 Å². The lowest BCUT2D eigenvalue weighted by Gasteiger charge is -2.09. The van der Waals surface area contributed by atoms with E-state index in [-0.39, 0.29) is 5.78 Å². The number of ether oxygens (including phenoxy) is 1. The Kier molecular flexibility index (Phi) is 3.60. The Hall–Kier alpha value is -1.67. The third-order valence-corrected chi connectivity index (χ3v) is 3.81. The number of fused-ring (bicyclic) bond motifs is 1. The van der Waals surface area contributed by atoms with Gasteiger partial charge in [-0.25, -0.2) is 0 Å². The Labute approximate surface area is 113 Å². The van der Waals surface area contributed by atoms with Crippen molar-refractivity contribution in [2.24, 2.45) is 0 Å². The van der Waals surface area contributed by atoms with E-state index in [0.717, 1.165) is 42.2 Å². The van der Waals surface area contributed by atoms with Crippen LogP contribution >= 0.6 is 0 Å². The lowest BCUT2D eigenvalue weighted by Crippen LogP contribution is -2.09.